The Balaban J connectivity index is 1.48. The second-order valence-electron chi connectivity index (χ2n) is 7.79. The van der Waals surface area contributed by atoms with Crippen LogP contribution in [0.5, 0.6) is 0 Å². The maximum Gasteiger partial charge on any atom is 0.261 e. The average Bonchev–Trinajstić information content (AvgIpc) is 3.02. The third-order valence-electron chi connectivity index (χ3n) is 5.88. The van der Waals surface area contributed by atoms with Crippen molar-refractivity contribution >= 4 is 23.5 Å². The van der Waals surface area contributed by atoms with Crippen molar-refractivity contribution < 1.29 is 14.4 Å². The molecule has 4 rings (SSSR count). The van der Waals surface area contributed by atoms with Crippen LogP contribution in [0.4, 0.5) is 5.82 Å². The Bertz CT molecular complexity index is 1010. The summed E-state index contributed by atoms with van der Waals surface area (Å²) in [6, 6.07) is 6.58. The highest BCUT2D eigenvalue weighted by molar-refractivity contribution is 6.22. The molecule has 8 nitrogen and oxygen atoms in total. The molecule has 3 heterocycles. The molecule has 0 bridgehead atoms. The third-order valence-corrected chi connectivity index (χ3v) is 5.88. The van der Waals surface area contributed by atoms with Crippen molar-refractivity contribution in [3.05, 3.63) is 53.0 Å². The number of hydrogen-bond donors (Lipinski definition) is 0. The largest absolute Gasteiger partial charge is 0.353 e. The molecule has 1 aromatic carbocycles. The molecule has 30 heavy (non-hydrogen) atoms. The number of aromatic nitrogens is 2. The lowest BCUT2D eigenvalue weighted by atomic mass is 10.0. The highest BCUT2D eigenvalue weighted by Gasteiger charge is 2.38. The van der Waals surface area contributed by atoms with Gasteiger partial charge in [-0.1, -0.05) is 6.92 Å². The lowest BCUT2D eigenvalue weighted by Gasteiger charge is -2.35. The minimum absolute atomic E-state index is 0.126. The van der Waals surface area contributed by atoms with Crippen LogP contribution >= 0.6 is 0 Å². The Morgan fingerprint density at radius 3 is 2.40 bits per heavy atom. The van der Waals surface area contributed by atoms with Gasteiger partial charge in [0.25, 0.3) is 17.7 Å². The molecule has 1 atom stereocenters. The van der Waals surface area contributed by atoms with E-state index in [0.717, 1.165) is 11.5 Å². The molecule has 2 aromatic rings. The van der Waals surface area contributed by atoms with Gasteiger partial charge in [0, 0.05) is 49.5 Å². The van der Waals surface area contributed by atoms with E-state index < -0.39 is 0 Å². The van der Waals surface area contributed by atoms with Crippen LogP contribution in [0.25, 0.3) is 0 Å². The first kappa shape index (κ1) is 20.0. The average molecular weight is 407 g/mol. The number of fused-ring (bicyclic) bond motifs is 1. The van der Waals surface area contributed by atoms with E-state index in [0.29, 0.717) is 49.3 Å². The minimum Gasteiger partial charge on any atom is -0.353 e. The molecule has 156 valence electrons. The number of anilines is 1. The zero-order valence-corrected chi connectivity index (χ0v) is 17.5. The van der Waals surface area contributed by atoms with Gasteiger partial charge in [0.15, 0.2) is 0 Å². The first-order valence-electron chi connectivity index (χ1n) is 10.3. The van der Waals surface area contributed by atoms with E-state index in [2.05, 4.69) is 14.9 Å². The second-order valence-corrected chi connectivity index (χ2v) is 7.79. The lowest BCUT2D eigenvalue weighted by Crippen LogP contribution is -2.49. The summed E-state index contributed by atoms with van der Waals surface area (Å²) in [5.74, 6) is 0.139. The predicted octanol–water partition coefficient (Wildman–Crippen LogP) is 2.14. The van der Waals surface area contributed by atoms with Gasteiger partial charge >= 0.3 is 0 Å². The first-order chi connectivity index (χ1) is 14.4. The number of carbonyl (C=O) groups is 3. The SMILES string of the molecule is CCC(C)N1C(=O)c2ccc(C(=O)N3CCN(c4cc(C)ncn4)CC3)cc2C1=O. The van der Waals surface area contributed by atoms with Crippen LogP contribution in [-0.2, 0) is 0 Å². The molecular formula is C22H25N5O3. The highest BCUT2D eigenvalue weighted by atomic mass is 16.2. The molecule has 0 spiro atoms. The molecule has 0 aliphatic carbocycles. The zero-order valence-electron chi connectivity index (χ0n) is 17.5. The van der Waals surface area contributed by atoms with Crippen molar-refractivity contribution in [2.24, 2.45) is 0 Å². The maximum absolute atomic E-state index is 13.0. The van der Waals surface area contributed by atoms with Gasteiger partial charge in [-0.25, -0.2) is 9.97 Å². The van der Waals surface area contributed by atoms with Gasteiger partial charge in [-0.15, -0.1) is 0 Å². The molecule has 0 N–H and O–H groups in total. The minimum atomic E-state index is -0.317. The van der Waals surface area contributed by atoms with E-state index in [1.165, 1.54) is 4.90 Å². The number of amides is 3. The molecule has 1 aromatic heterocycles. The fourth-order valence-corrected chi connectivity index (χ4v) is 3.91. The number of rotatable bonds is 4. The van der Waals surface area contributed by atoms with Crippen molar-refractivity contribution in [1.82, 2.24) is 19.8 Å². The van der Waals surface area contributed by atoms with Gasteiger partial charge in [0.2, 0.25) is 0 Å². The quantitative estimate of drug-likeness (QED) is 0.722. The van der Waals surface area contributed by atoms with Crippen molar-refractivity contribution in [1.29, 1.82) is 0 Å². The third kappa shape index (κ3) is 3.42. The molecule has 0 saturated carbocycles. The molecule has 3 amide bonds. The molecular weight excluding hydrogens is 382 g/mol. The van der Waals surface area contributed by atoms with E-state index in [4.69, 9.17) is 0 Å². The van der Waals surface area contributed by atoms with Crippen molar-refractivity contribution in [2.45, 2.75) is 33.2 Å². The van der Waals surface area contributed by atoms with Crippen molar-refractivity contribution in [3.63, 3.8) is 0 Å². The van der Waals surface area contributed by atoms with E-state index in [1.807, 2.05) is 26.8 Å². The molecule has 1 saturated heterocycles. The van der Waals surface area contributed by atoms with Crippen molar-refractivity contribution in [3.8, 4) is 0 Å². The van der Waals surface area contributed by atoms with E-state index >= 15 is 0 Å². The number of carbonyl (C=O) groups excluding carboxylic acids is 3. The molecule has 2 aliphatic rings. The summed E-state index contributed by atoms with van der Waals surface area (Å²) in [6.07, 6.45) is 2.24. The van der Waals surface area contributed by atoms with Crippen LogP contribution in [-0.4, -0.2) is 69.7 Å². The van der Waals surface area contributed by atoms with Gasteiger partial charge in [-0.2, -0.15) is 0 Å². The molecule has 1 unspecified atom stereocenters. The monoisotopic (exact) mass is 407 g/mol. The Morgan fingerprint density at radius 2 is 1.73 bits per heavy atom. The normalized spacial score (nSPS) is 17.4. The van der Waals surface area contributed by atoms with Gasteiger partial charge in [-0.05, 0) is 38.5 Å². The number of benzene rings is 1. The number of piperazine rings is 1. The highest BCUT2D eigenvalue weighted by Crippen LogP contribution is 2.27. The number of aryl methyl sites for hydroxylation is 1. The van der Waals surface area contributed by atoms with Crippen LogP contribution in [0.1, 0.15) is 57.0 Å². The van der Waals surface area contributed by atoms with E-state index in [-0.39, 0.29) is 23.8 Å². The van der Waals surface area contributed by atoms with Crippen LogP contribution in [0.15, 0.2) is 30.6 Å². The van der Waals surface area contributed by atoms with Crippen molar-refractivity contribution in [2.75, 3.05) is 31.1 Å². The summed E-state index contributed by atoms with van der Waals surface area (Å²) in [6.45, 7) is 8.18. The van der Waals surface area contributed by atoms with Crippen LogP contribution in [0.2, 0.25) is 0 Å². The topological polar surface area (TPSA) is 86.7 Å². The standard InChI is InChI=1S/C22H25N5O3/c1-4-15(3)27-21(29)17-6-5-16(12-18(17)22(27)30)20(28)26-9-7-25(8-10-26)19-11-14(2)23-13-24-19/h5-6,11-13,15H,4,7-10H2,1-3H3. The second kappa shape index (κ2) is 7.85. The molecule has 0 radical (unpaired) electrons. The molecule has 2 aliphatic heterocycles. The fourth-order valence-electron chi connectivity index (χ4n) is 3.91. The fraction of sp³-hybridized carbons (Fsp3) is 0.409. The number of imide groups is 1. The summed E-state index contributed by atoms with van der Waals surface area (Å²) in [4.78, 5) is 52.0. The molecule has 8 heteroatoms. The first-order valence-corrected chi connectivity index (χ1v) is 10.3. The van der Waals surface area contributed by atoms with Gasteiger partial charge < -0.3 is 9.80 Å². The van der Waals surface area contributed by atoms with Gasteiger partial charge in [0.05, 0.1) is 11.1 Å². The Labute approximate surface area is 175 Å². The molecule has 1 fully saturated rings. The summed E-state index contributed by atoms with van der Waals surface area (Å²) >= 11 is 0. The smallest absolute Gasteiger partial charge is 0.261 e. The maximum atomic E-state index is 13.0. The summed E-state index contributed by atoms with van der Waals surface area (Å²) < 4.78 is 0. The Morgan fingerprint density at radius 1 is 1.03 bits per heavy atom. The number of nitrogens with zero attached hydrogens (tertiary/aromatic N) is 5. The van der Waals surface area contributed by atoms with E-state index in [9.17, 15) is 14.4 Å². The van der Waals surface area contributed by atoms with Crippen LogP contribution in [0, 0.1) is 6.92 Å². The van der Waals surface area contributed by atoms with Gasteiger partial charge in [0.1, 0.15) is 12.1 Å². The summed E-state index contributed by atoms with van der Waals surface area (Å²) in [5.41, 5.74) is 2.04. The van der Waals surface area contributed by atoms with Gasteiger partial charge in [-0.3, -0.25) is 19.3 Å². The summed E-state index contributed by atoms with van der Waals surface area (Å²) in [7, 11) is 0. The number of hydrogen-bond acceptors (Lipinski definition) is 6. The zero-order chi connectivity index (χ0) is 21.4. The predicted molar refractivity (Wildman–Crippen MR) is 112 cm³/mol. The van der Waals surface area contributed by atoms with Crippen LogP contribution < -0.4 is 4.90 Å². The van der Waals surface area contributed by atoms with Crippen LogP contribution in [0.3, 0.4) is 0 Å². The lowest BCUT2D eigenvalue weighted by molar-refractivity contribution is 0.0593. The van der Waals surface area contributed by atoms with E-state index in [1.54, 1.807) is 29.4 Å². The summed E-state index contributed by atoms with van der Waals surface area (Å²) in [5, 5.41) is 0. The Hall–Kier alpha value is -3.29. The Kier molecular flexibility index (Phi) is 5.24.